The van der Waals surface area contributed by atoms with Gasteiger partial charge in [-0.25, -0.2) is 8.42 Å². The molecule has 0 bridgehead atoms. The quantitative estimate of drug-likeness (QED) is 0.315. The van der Waals surface area contributed by atoms with Crippen LogP contribution in [0.3, 0.4) is 0 Å². The maximum atomic E-state index is 13.1. The number of carbonyl (C=O) groups excluding carboxylic acids is 1. The highest BCUT2D eigenvalue weighted by molar-refractivity contribution is 7.92. The third-order valence-corrected chi connectivity index (χ3v) is 7.87. The van der Waals surface area contributed by atoms with Crippen LogP contribution in [0.4, 0.5) is 5.69 Å². The number of aromatic nitrogens is 1. The number of nitrogens with one attached hydrogen (secondary N) is 1. The summed E-state index contributed by atoms with van der Waals surface area (Å²) in [4.78, 5) is 18.0. The summed E-state index contributed by atoms with van der Waals surface area (Å²) >= 11 is 1.32. The standard InChI is InChI=1S/C26H25N3O6S2/c1-5-13-29-21-15-22(34-3)23(35-4)16-24(21)36-26(29)27-25(30)17-7-6-8-18(14-17)28-37(31,32)20-11-9-19(33-2)10-12-20/h5-12,14-16,28H,1,13H2,2-4H3. The van der Waals surface area contributed by atoms with Gasteiger partial charge in [0.2, 0.25) is 0 Å². The predicted octanol–water partition coefficient (Wildman–Crippen LogP) is 4.46. The number of carbonyl (C=O) groups is 1. The number of allylic oxidation sites excluding steroid dienone is 1. The number of hydrogen-bond acceptors (Lipinski definition) is 7. The molecule has 1 amide bonds. The molecule has 9 nitrogen and oxygen atoms in total. The molecule has 1 N–H and O–H groups in total. The number of fused-ring (bicyclic) bond motifs is 1. The fourth-order valence-electron chi connectivity index (χ4n) is 3.62. The average molecular weight is 540 g/mol. The van der Waals surface area contributed by atoms with E-state index in [0.29, 0.717) is 28.6 Å². The van der Waals surface area contributed by atoms with Crippen LogP contribution in [-0.4, -0.2) is 40.2 Å². The van der Waals surface area contributed by atoms with E-state index in [1.807, 2.05) is 16.7 Å². The lowest BCUT2D eigenvalue weighted by molar-refractivity contribution is 0.0998. The minimum atomic E-state index is -3.87. The lowest BCUT2D eigenvalue weighted by atomic mass is 10.2. The first kappa shape index (κ1) is 26.0. The smallest absolute Gasteiger partial charge is 0.279 e. The summed E-state index contributed by atoms with van der Waals surface area (Å²) in [6, 6.07) is 15.8. The normalized spacial score (nSPS) is 11.8. The molecule has 0 atom stereocenters. The van der Waals surface area contributed by atoms with E-state index in [9.17, 15) is 13.2 Å². The molecule has 0 saturated heterocycles. The summed E-state index contributed by atoms with van der Waals surface area (Å²) in [5.41, 5.74) is 1.28. The van der Waals surface area contributed by atoms with E-state index in [0.717, 1.165) is 10.2 Å². The Labute approximate surface area is 218 Å². The van der Waals surface area contributed by atoms with Gasteiger partial charge in [-0.15, -0.1) is 6.58 Å². The second-order valence-electron chi connectivity index (χ2n) is 7.74. The summed E-state index contributed by atoms with van der Waals surface area (Å²) in [6.45, 7) is 4.23. The Bertz CT molecular complexity index is 1640. The summed E-state index contributed by atoms with van der Waals surface area (Å²) in [7, 11) is 0.742. The number of hydrogen-bond donors (Lipinski definition) is 1. The molecule has 0 aliphatic carbocycles. The van der Waals surface area contributed by atoms with Crippen LogP contribution >= 0.6 is 11.3 Å². The Balaban J connectivity index is 1.68. The van der Waals surface area contributed by atoms with E-state index < -0.39 is 15.9 Å². The van der Waals surface area contributed by atoms with E-state index in [4.69, 9.17) is 14.2 Å². The summed E-state index contributed by atoms with van der Waals surface area (Å²) in [5, 5.41) is 0. The van der Waals surface area contributed by atoms with E-state index in [2.05, 4.69) is 16.3 Å². The first-order valence-corrected chi connectivity index (χ1v) is 13.3. The highest BCUT2D eigenvalue weighted by Gasteiger charge is 2.16. The van der Waals surface area contributed by atoms with Crippen LogP contribution in [0, 0.1) is 0 Å². The van der Waals surface area contributed by atoms with Gasteiger partial charge in [-0.05, 0) is 42.5 Å². The summed E-state index contributed by atoms with van der Waals surface area (Å²) in [5.74, 6) is 1.14. The fraction of sp³-hybridized carbons (Fsp3) is 0.154. The number of amides is 1. The zero-order valence-electron chi connectivity index (χ0n) is 20.4. The minimum Gasteiger partial charge on any atom is -0.497 e. The predicted molar refractivity (Wildman–Crippen MR) is 143 cm³/mol. The maximum absolute atomic E-state index is 13.1. The molecule has 0 saturated carbocycles. The molecular formula is C26H25N3O6S2. The number of methoxy groups -OCH3 is 3. The second-order valence-corrected chi connectivity index (χ2v) is 10.4. The number of sulfonamides is 1. The van der Waals surface area contributed by atoms with E-state index >= 15 is 0 Å². The number of thiazole rings is 1. The lowest BCUT2D eigenvalue weighted by Gasteiger charge is -2.09. The van der Waals surface area contributed by atoms with Gasteiger partial charge in [-0.2, -0.15) is 4.99 Å². The van der Waals surface area contributed by atoms with Crippen LogP contribution in [0.2, 0.25) is 0 Å². The number of benzene rings is 3. The number of ether oxygens (including phenoxy) is 3. The fourth-order valence-corrected chi connectivity index (χ4v) is 5.72. The molecule has 192 valence electrons. The maximum Gasteiger partial charge on any atom is 0.279 e. The van der Waals surface area contributed by atoms with Crippen molar-refractivity contribution in [1.29, 1.82) is 0 Å². The van der Waals surface area contributed by atoms with Crippen molar-refractivity contribution < 1.29 is 27.4 Å². The molecule has 3 aromatic carbocycles. The highest BCUT2D eigenvalue weighted by Crippen LogP contribution is 2.33. The molecule has 0 radical (unpaired) electrons. The Kier molecular flexibility index (Phi) is 7.65. The van der Waals surface area contributed by atoms with E-state index in [-0.39, 0.29) is 16.1 Å². The highest BCUT2D eigenvalue weighted by atomic mass is 32.2. The Morgan fingerprint density at radius 2 is 1.73 bits per heavy atom. The number of nitrogens with zero attached hydrogens (tertiary/aromatic N) is 2. The van der Waals surface area contributed by atoms with Crippen LogP contribution in [-0.2, 0) is 16.6 Å². The van der Waals surface area contributed by atoms with Gasteiger partial charge in [0.15, 0.2) is 16.3 Å². The van der Waals surface area contributed by atoms with Crippen molar-refractivity contribution in [2.24, 2.45) is 4.99 Å². The van der Waals surface area contributed by atoms with Crippen LogP contribution in [0.25, 0.3) is 10.2 Å². The first-order chi connectivity index (χ1) is 17.8. The van der Waals surface area contributed by atoms with Crippen molar-refractivity contribution >= 4 is 43.2 Å². The van der Waals surface area contributed by atoms with Crippen molar-refractivity contribution in [3.05, 3.63) is 83.7 Å². The third-order valence-electron chi connectivity index (χ3n) is 5.43. The molecule has 0 fully saturated rings. The molecule has 1 aromatic heterocycles. The molecule has 0 aliphatic heterocycles. The molecule has 4 rings (SSSR count). The summed E-state index contributed by atoms with van der Waals surface area (Å²) < 4.78 is 46.7. The van der Waals surface area contributed by atoms with Crippen LogP contribution in [0.5, 0.6) is 17.2 Å². The topological polar surface area (TPSA) is 108 Å². The Morgan fingerprint density at radius 1 is 1.03 bits per heavy atom. The van der Waals surface area contributed by atoms with Crippen LogP contribution in [0.1, 0.15) is 10.4 Å². The number of rotatable bonds is 9. The van der Waals surface area contributed by atoms with Gasteiger partial charge in [0.1, 0.15) is 5.75 Å². The van der Waals surface area contributed by atoms with Gasteiger partial charge in [-0.1, -0.05) is 23.5 Å². The zero-order chi connectivity index (χ0) is 26.6. The molecule has 0 spiro atoms. The minimum absolute atomic E-state index is 0.0660. The van der Waals surface area contributed by atoms with Gasteiger partial charge in [0.25, 0.3) is 15.9 Å². The van der Waals surface area contributed by atoms with Gasteiger partial charge in [0, 0.05) is 29.9 Å². The Morgan fingerprint density at radius 3 is 2.38 bits per heavy atom. The first-order valence-electron chi connectivity index (χ1n) is 11.0. The molecule has 37 heavy (non-hydrogen) atoms. The van der Waals surface area contributed by atoms with Gasteiger partial charge in [0.05, 0.1) is 36.4 Å². The monoisotopic (exact) mass is 539 g/mol. The van der Waals surface area contributed by atoms with Crippen molar-refractivity contribution in [2.45, 2.75) is 11.4 Å². The van der Waals surface area contributed by atoms with Gasteiger partial charge >= 0.3 is 0 Å². The van der Waals surface area contributed by atoms with Crippen molar-refractivity contribution in [3.63, 3.8) is 0 Å². The van der Waals surface area contributed by atoms with Crippen molar-refractivity contribution in [2.75, 3.05) is 26.1 Å². The Hall–Kier alpha value is -4.09. The molecule has 4 aromatic rings. The van der Waals surface area contributed by atoms with Crippen LogP contribution in [0.15, 0.2) is 83.2 Å². The molecule has 11 heteroatoms. The van der Waals surface area contributed by atoms with E-state index in [1.165, 1.54) is 36.6 Å². The van der Waals surface area contributed by atoms with Crippen molar-refractivity contribution in [3.8, 4) is 17.2 Å². The average Bonchev–Trinajstić information content (AvgIpc) is 3.23. The SMILES string of the molecule is C=CCn1c(=NC(=O)c2cccc(NS(=O)(=O)c3ccc(OC)cc3)c2)sc2cc(OC)c(OC)cc21. The number of anilines is 1. The largest absolute Gasteiger partial charge is 0.497 e. The van der Waals surface area contributed by atoms with Crippen LogP contribution < -0.4 is 23.7 Å². The second kappa shape index (κ2) is 10.9. The third kappa shape index (κ3) is 5.52. The van der Waals surface area contributed by atoms with Crippen molar-refractivity contribution in [1.82, 2.24) is 4.57 Å². The molecule has 0 unspecified atom stereocenters. The lowest BCUT2D eigenvalue weighted by Crippen LogP contribution is -2.16. The zero-order valence-corrected chi connectivity index (χ0v) is 22.1. The molecular weight excluding hydrogens is 514 g/mol. The van der Waals surface area contributed by atoms with Gasteiger partial charge < -0.3 is 18.8 Å². The van der Waals surface area contributed by atoms with Gasteiger partial charge in [-0.3, -0.25) is 9.52 Å². The van der Waals surface area contributed by atoms with E-state index in [1.54, 1.807) is 50.6 Å². The molecule has 1 heterocycles. The molecule has 0 aliphatic rings. The summed E-state index contributed by atoms with van der Waals surface area (Å²) in [6.07, 6.45) is 1.71.